The van der Waals surface area contributed by atoms with Crippen LogP contribution in [0.4, 0.5) is 10.2 Å². The van der Waals surface area contributed by atoms with Gasteiger partial charge in [-0.1, -0.05) is 12.1 Å². The van der Waals surface area contributed by atoms with Crippen molar-refractivity contribution in [3.05, 3.63) is 76.8 Å². The van der Waals surface area contributed by atoms with Crippen LogP contribution in [0.1, 0.15) is 52.1 Å². The fourth-order valence-corrected chi connectivity index (χ4v) is 6.74. The quantitative estimate of drug-likeness (QED) is 0.321. The molecule has 0 saturated carbocycles. The molecule has 5 aromatic rings. The van der Waals surface area contributed by atoms with Crippen molar-refractivity contribution in [1.29, 1.82) is 0 Å². The largest absolute Gasteiger partial charge is 0.421 e. The summed E-state index contributed by atoms with van der Waals surface area (Å²) >= 11 is 1.50. The zero-order chi connectivity index (χ0) is 26.0. The maximum atomic E-state index is 13.8. The predicted molar refractivity (Wildman–Crippen MR) is 142 cm³/mol. The summed E-state index contributed by atoms with van der Waals surface area (Å²) in [5.41, 5.74) is 10.8. The Morgan fingerprint density at radius 2 is 1.97 bits per heavy atom. The first-order valence-electron chi connectivity index (χ1n) is 12.5. The molecule has 1 unspecified atom stereocenters. The highest BCUT2D eigenvalue weighted by atomic mass is 32.1. The Kier molecular flexibility index (Phi) is 5.26. The molecule has 0 spiro atoms. The Morgan fingerprint density at radius 1 is 1.13 bits per heavy atom. The van der Waals surface area contributed by atoms with Gasteiger partial charge in [0.1, 0.15) is 11.6 Å². The SMILES string of the molecule is Cc1nnc(-c2c(CCc3ccc(F)cc3)nc3c(c2-c2cc4ccnc(N)c4s2)C(=O)N2CCCC32)o1. The minimum Gasteiger partial charge on any atom is -0.421 e. The molecule has 190 valence electrons. The molecule has 1 aromatic carbocycles. The summed E-state index contributed by atoms with van der Waals surface area (Å²) in [6, 6.07) is 10.4. The number of carbonyl (C=O) groups excluding carboxylic acids is 1. The minimum absolute atomic E-state index is 0.0175. The number of aryl methyl sites for hydroxylation is 3. The van der Waals surface area contributed by atoms with E-state index >= 15 is 0 Å². The summed E-state index contributed by atoms with van der Waals surface area (Å²) < 4.78 is 20.3. The van der Waals surface area contributed by atoms with Crippen LogP contribution in [0.2, 0.25) is 0 Å². The Morgan fingerprint density at radius 3 is 2.74 bits per heavy atom. The van der Waals surface area contributed by atoms with Crippen LogP contribution in [0.5, 0.6) is 0 Å². The minimum atomic E-state index is -0.271. The van der Waals surface area contributed by atoms with Gasteiger partial charge in [-0.15, -0.1) is 21.5 Å². The van der Waals surface area contributed by atoms with Gasteiger partial charge in [-0.05, 0) is 60.9 Å². The zero-order valence-corrected chi connectivity index (χ0v) is 21.4. The van der Waals surface area contributed by atoms with Crippen molar-refractivity contribution in [3.63, 3.8) is 0 Å². The summed E-state index contributed by atoms with van der Waals surface area (Å²) in [4.78, 5) is 26.0. The highest BCUT2D eigenvalue weighted by Crippen LogP contribution is 2.50. The van der Waals surface area contributed by atoms with E-state index < -0.39 is 0 Å². The van der Waals surface area contributed by atoms with Gasteiger partial charge in [0.15, 0.2) is 0 Å². The first-order chi connectivity index (χ1) is 18.5. The van der Waals surface area contributed by atoms with E-state index in [2.05, 4.69) is 15.2 Å². The molecule has 0 aliphatic carbocycles. The number of rotatable bonds is 5. The van der Waals surface area contributed by atoms with Crippen LogP contribution in [0.25, 0.3) is 32.0 Å². The normalized spacial score (nSPS) is 16.4. The van der Waals surface area contributed by atoms with Crippen molar-refractivity contribution >= 4 is 33.1 Å². The number of aromatic nitrogens is 4. The molecule has 1 amide bonds. The number of nitrogen functional groups attached to an aromatic ring is 1. The molecule has 1 fully saturated rings. The third kappa shape index (κ3) is 3.59. The predicted octanol–water partition coefficient (Wildman–Crippen LogP) is 5.51. The Bertz CT molecular complexity index is 1730. The van der Waals surface area contributed by atoms with Crippen LogP contribution in [-0.4, -0.2) is 37.5 Å². The van der Waals surface area contributed by atoms with Gasteiger partial charge >= 0.3 is 0 Å². The number of benzene rings is 1. The lowest BCUT2D eigenvalue weighted by Crippen LogP contribution is -2.22. The molecule has 8 nitrogen and oxygen atoms in total. The van der Waals surface area contributed by atoms with Crippen molar-refractivity contribution in [2.75, 3.05) is 12.3 Å². The lowest BCUT2D eigenvalue weighted by molar-refractivity contribution is 0.0776. The first-order valence-corrected chi connectivity index (χ1v) is 13.4. The van der Waals surface area contributed by atoms with E-state index in [1.807, 2.05) is 17.0 Å². The molecule has 2 aliphatic rings. The van der Waals surface area contributed by atoms with Gasteiger partial charge in [0.2, 0.25) is 11.8 Å². The summed E-state index contributed by atoms with van der Waals surface area (Å²) in [5, 5.41) is 9.40. The van der Waals surface area contributed by atoms with E-state index in [9.17, 15) is 9.18 Å². The molecule has 0 bridgehead atoms. The molecule has 7 rings (SSSR count). The molecule has 1 saturated heterocycles. The average Bonchev–Trinajstić information content (AvgIpc) is 3.69. The molecular formula is C28H23FN6O2S. The zero-order valence-electron chi connectivity index (χ0n) is 20.6. The van der Waals surface area contributed by atoms with E-state index in [-0.39, 0.29) is 17.8 Å². The number of thiophene rings is 1. The molecule has 0 radical (unpaired) electrons. The van der Waals surface area contributed by atoms with Crippen LogP contribution in [0, 0.1) is 12.7 Å². The standard InChI is InChI=1S/C28H23FN6O2S/c1-14-33-34-27(37-14)21-18(9-6-15-4-7-17(29)8-5-15)32-24-19-3-2-12-35(19)28(36)23(24)22(21)20-13-16-10-11-31-26(30)25(16)38-20/h4-5,7-8,10-11,13,19H,2-3,6,9,12H2,1H3,(H2,30,31). The molecule has 2 N–H and O–H groups in total. The van der Waals surface area contributed by atoms with Crippen LogP contribution in [0.3, 0.4) is 0 Å². The molecule has 2 aliphatic heterocycles. The number of pyridine rings is 2. The number of nitrogens with zero attached hydrogens (tertiary/aromatic N) is 5. The maximum absolute atomic E-state index is 13.8. The molecule has 38 heavy (non-hydrogen) atoms. The molecule has 4 aromatic heterocycles. The number of carbonyl (C=O) groups is 1. The number of hydrogen-bond donors (Lipinski definition) is 1. The third-order valence-electron chi connectivity index (χ3n) is 7.35. The van der Waals surface area contributed by atoms with Crippen molar-refractivity contribution < 1.29 is 13.6 Å². The number of fused-ring (bicyclic) bond motifs is 4. The maximum Gasteiger partial charge on any atom is 0.257 e. The second-order valence-corrected chi connectivity index (χ2v) is 10.8. The van der Waals surface area contributed by atoms with Crippen LogP contribution >= 0.6 is 11.3 Å². The number of nitrogens with two attached hydrogens (primary N) is 1. The molecule has 1 atom stereocenters. The second kappa shape index (κ2) is 8.70. The topological polar surface area (TPSA) is 111 Å². The third-order valence-corrected chi connectivity index (χ3v) is 8.55. The van der Waals surface area contributed by atoms with E-state index in [0.717, 1.165) is 50.3 Å². The van der Waals surface area contributed by atoms with Gasteiger partial charge in [0.05, 0.1) is 33.3 Å². The number of hydrogen-bond acceptors (Lipinski definition) is 8. The smallest absolute Gasteiger partial charge is 0.257 e. The highest BCUT2D eigenvalue weighted by molar-refractivity contribution is 7.22. The van der Waals surface area contributed by atoms with Gasteiger partial charge < -0.3 is 15.1 Å². The number of amides is 1. The molecule has 10 heteroatoms. The van der Waals surface area contributed by atoms with Gasteiger partial charge in [-0.25, -0.2) is 9.37 Å². The van der Waals surface area contributed by atoms with Crippen molar-refractivity contribution in [3.8, 4) is 21.9 Å². The fraction of sp³-hybridized carbons (Fsp3) is 0.250. The van der Waals surface area contributed by atoms with E-state index in [4.69, 9.17) is 15.1 Å². The van der Waals surface area contributed by atoms with Crippen LogP contribution in [0.15, 0.2) is 47.0 Å². The summed E-state index contributed by atoms with van der Waals surface area (Å²) in [7, 11) is 0. The summed E-state index contributed by atoms with van der Waals surface area (Å²) in [5.74, 6) is 0.907. The summed E-state index contributed by atoms with van der Waals surface area (Å²) in [6.07, 6.45) is 4.70. The van der Waals surface area contributed by atoms with Crippen molar-refractivity contribution in [1.82, 2.24) is 25.1 Å². The Labute approximate surface area is 221 Å². The second-order valence-electron chi connectivity index (χ2n) is 9.70. The van der Waals surface area contributed by atoms with E-state index in [0.29, 0.717) is 48.1 Å². The van der Waals surface area contributed by atoms with E-state index in [1.165, 1.54) is 23.5 Å². The lowest BCUT2D eigenvalue weighted by Gasteiger charge is -2.16. The van der Waals surface area contributed by atoms with Crippen LogP contribution in [-0.2, 0) is 12.8 Å². The van der Waals surface area contributed by atoms with Gasteiger partial charge in [0, 0.05) is 30.1 Å². The Hall–Kier alpha value is -4.18. The number of halogens is 1. The lowest BCUT2D eigenvalue weighted by atomic mass is 9.93. The first kappa shape index (κ1) is 23.0. The highest BCUT2D eigenvalue weighted by Gasteiger charge is 2.44. The Balaban J connectivity index is 1.49. The van der Waals surface area contributed by atoms with Gasteiger partial charge in [-0.2, -0.15) is 0 Å². The summed E-state index contributed by atoms with van der Waals surface area (Å²) in [6.45, 7) is 2.45. The van der Waals surface area contributed by atoms with Crippen molar-refractivity contribution in [2.45, 2.75) is 38.6 Å². The molecular weight excluding hydrogens is 503 g/mol. The van der Waals surface area contributed by atoms with Gasteiger partial charge in [-0.3, -0.25) is 9.78 Å². The average molecular weight is 527 g/mol. The van der Waals surface area contributed by atoms with Crippen molar-refractivity contribution in [2.24, 2.45) is 0 Å². The van der Waals surface area contributed by atoms with Gasteiger partial charge in [0.25, 0.3) is 5.91 Å². The molecule has 6 heterocycles. The monoisotopic (exact) mass is 526 g/mol. The van der Waals surface area contributed by atoms with Crippen LogP contribution < -0.4 is 5.73 Å². The van der Waals surface area contributed by atoms with E-state index in [1.54, 1.807) is 25.3 Å². The fourth-order valence-electron chi connectivity index (χ4n) is 5.63. The number of anilines is 1.